The van der Waals surface area contributed by atoms with E-state index in [4.69, 9.17) is 0 Å². The summed E-state index contributed by atoms with van der Waals surface area (Å²) in [4.78, 5) is 0. The van der Waals surface area contributed by atoms with Crippen LogP contribution < -0.4 is 0 Å². The Kier molecular flexibility index (Phi) is 15.8. The zero-order chi connectivity index (χ0) is 6.24. The molecule has 0 N–H and O–H groups in total. The molecular weight excluding hydrogens is 280 g/mol. The van der Waals surface area contributed by atoms with Gasteiger partial charge in [-0.15, -0.1) is 0 Å². The Bertz CT molecular complexity index is 29.5. The smallest absolute Gasteiger partial charge is 0 e. The second-order valence-electron chi connectivity index (χ2n) is 2.26. The molecule has 0 saturated heterocycles. The first-order valence-electron chi connectivity index (χ1n) is 3.69. The van der Waals surface area contributed by atoms with Crippen LogP contribution in [0.4, 0.5) is 0 Å². The van der Waals surface area contributed by atoms with E-state index in [9.17, 15) is 0 Å². The molecule has 0 bridgehead atoms. The summed E-state index contributed by atoms with van der Waals surface area (Å²) in [6.07, 6.45) is 9.12. The molecule has 0 unspecified atom stereocenters. The fourth-order valence-electron chi connectivity index (χ4n) is 0.775. The van der Waals surface area contributed by atoms with Gasteiger partial charge in [0.15, 0.2) is 0 Å². The van der Waals surface area contributed by atoms with Crippen molar-refractivity contribution in [1.29, 1.82) is 0 Å². The standard InChI is InChI=1S/C8H17.W/c1-3-5-7-8-6-4-2;/h3H,4-8H2,1-2H3;/q-1;. The molecule has 0 aromatic carbocycles. The fraction of sp³-hybridized carbons (Fsp3) is 0.875. The summed E-state index contributed by atoms with van der Waals surface area (Å²) >= 11 is 0. The van der Waals surface area contributed by atoms with Crippen molar-refractivity contribution in [2.24, 2.45) is 0 Å². The van der Waals surface area contributed by atoms with E-state index in [1.807, 2.05) is 0 Å². The number of hydrogen-bond acceptors (Lipinski definition) is 0. The van der Waals surface area contributed by atoms with E-state index in [-0.39, 0.29) is 21.1 Å². The monoisotopic (exact) mass is 297 g/mol. The van der Waals surface area contributed by atoms with Crippen molar-refractivity contribution in [1.82, 2.24) is 0 Å². The molecule has 0 atom stereocenters. The van der Waals surface area contributed by atoms with E-state index < -0.39 is 0 Å². The van der Waals surface area contributed by atoms with Crippen molar-refractivity contribution < 1.29 is 21.1 Å². The van der Waals surface area contributed by atoms with Gasteiger partial charge in [0.2, 0.25) is 0 Å². The van der Waals surface area contributed by atoms with E-state index in [0.29, 0.717) is 0 Å². The zero-order valence-electron chi connectivity index (χ0n) is 6.52. The molecule has 0 nitrogen and oxygen atoms in total. The average Bonchev–Trinajstić information content (AvgIpc) is 1.81. The second-order valence-corrected chi connectivity index (χ2v) is 2.26. The summed E-state index contributed by atoms with van der Waals surface area (Å²) in [5, 5.41) is 0. The van der Waals surface area contributed by atoms with Crippen LogP contribution in [0.5, 0.6) is 0 Å². The van der Waals surface area contributed by atoms with Gasteiger partial charge >= 0.3 is 0 Å². The summed E-state index contributed by atoms with van der Waals surface area (Å²) in [5.41, 5.74) is 0. The topological polar surface area (TPSA) is 0 Å². The van der Waals surface area contributed by atoms with Crippen LogP contribution in [0.2, 0.25) is 0 Å². The molecule has 0 radical (unpaired) electrons. The molecule has 0 aliphatic rings. The average molecular weight is 297 g/mol. The maximum atomic E-state index is 2.25. The van der Waals surface area contributed by atoms with Gasteiger partial charge in [-0.25, -0.2) is 0 Å². The van der Waals surface area contributed by atoms with Crippen LogP contribution in [-0.4, -0.2) is 0 Å². The van der Waals surface area contributed by atoms with Crippen molar-refractivity contribution in [2.75, 3.05) is 0 Å². The summed E-state index contributed by atoms with van der Waals surface area (Å²) < 4.78 is 0. The summed E-state index contributed by atoms with van der Waals surface area (Å²) in [6.45, 7) is 4.38. The van der Waals surface area contributed by atoms with Crippen molar-refractivity contribution in [3.05, 3.63) is 6.42 Å². The third-order valence-corrected chi connectivity index (χ3v) is 1.35. The van der Waals surface area contributed by atoms with Gasteiger partial charge in [-0.2, -0.15) is 13.3 Å². The molecule has 0 rings (SSSR count). The van der Waals surface area contributed by atoms with Gasteiger partial charge in [-0.3, -0.25) is 0 Å². The Labute approximate surface area is 73.7 Å². The van der Waals surface area contributed by atoms with Crippen molar-refractivity contribution >= 4 is 0 Å². The number of unbranched alkanes of at least 4 members (excludes halogenated alkanes) is 5. The molecule has 0 fully saturated rings. The van der Waals surface area contributed by atoms with Gasteiger partial charge in [-0.1, -0.05) is 32.6 Å². The Morgan fingerprint density at radius 3 is 2.22 bits per heavy atom. The quantitative estimate of drug-likeness (QED) is 0.540. The van der Waals surface area contributed by atoms with Crippen LogP contribution in [0.3, 0.4) is 0 Å². The maximum Gasteiger partial charge on any atom is 0 e. The molecule has 0 aromatic heterocycles. The summed E-state index contributed by atoms with van der Waals surface area (Å²) in [5.74, 6) is 0. The number of rotatable bonds is 5. The van der Waals surface area contributed by atoms with Crippen molar-refractivity contribution in [3.8, 4) is 0 Å². The molecule has 9 heavy (non-hydrogen) atoms. The summed E-state index contributed by atoms with van der Waals surface area (Å²) in [6, 6.07) is 0. The molecule has 0 spiro atoms. The maximum absolute atomic E-state index is 2.25. The van der Waals surface area contributed by atoms with E-state index in [1.165, 1.54) is 32.1 Å². The van der Waals surface area contributed by atoms with Crippen LogP contribution >= 0.6 is 0 Å². The van der Waals surface area contributed by atoms with E-state index in [2.05, 4.69) is 20.3 Å². The molecular formula is C8H17W-. The van der Waals surface area contributed by atoms with Gasteiger partial charge < -0.3 is 6.42 Å². The van der Waals surface area contributed by atoms with Gasteiger partial charge in [0.1, 0.15) is 0 Å². The van der Waals surface area contributed by atoms with Crippen molar-refractivity contribution in [2.45, 2.75) is 46.0 Å². The third-order valence-electron chi connectivity index (χ3n) is 1.35. The molecule has 56 valence electrons. The zero-order valence-corrected chi connectivity index (χ0v) is 9.45. The van der Waals surface area contributed by atoms with Crippen LogP contribution in [0, 0.1) is 6.42 Å². The molecule has 0 aliphatic heterocycles. The number of hydrogen-bond donors (Lipinski definition) is 0. The Balaban J connectivity index is 0. The van der Waals surface area contributed by atoms with Gasteiger partial charge in [0, 0.05) is 21.1 Å². The van der Waals surface area contributed by atoms with Gasteiger partial charge in [0.25, 0.3) is 0 Å². The van der Waals surface area contributed by atoms with Gasteiger partial charge in [-0.05, 0) is 0 Å². The van der Waals surface area contributed by atoms with Crippen molar-refractivity contribution in [3.63, 3.8) is 0 Å². The van der Waals surface area contributed by atoms with E-state index >= 15 is 0 Å². The fourth-order valence-corrected chi connectivity index (χ4v) is 0.775. The van der Waals surface area contributed by atoms with Crippen LogP contribution in [0.1, 0.15) is 46.0 Å². The first kappa shape index (κ1) is 12.4. The Morgan fingerprint density at radius 2 is 1.78 bits per heavy atom. The minimum Gasteiger partial charge on any atom is -0.332 e. The van der Waals surface area contributed by atoms with Crippen LogP contribution in [-0.2, 0) is 21.1 Å². The predicted molar refractivity (Wildman–Crippen MR) is 38.7 cm³/mol. The van der Waals surface area contributed by atoms with Crippen LogP contribution in [0.25, 0.3) is 0 Å². The third kappa shape index (κ3) is 12.0. The Morgan fingerprint density at radius 1 is 1.11 bits per heavy atom. The first-order valence-corrected chi connectivity index (χ1v) is 3.69. The second kappa shape index (κ2) is 11.5. The van der Waals surface area contributed by atoms with E-state index in [0.717, 1.165) is 0 Å². The molecule has 0 aliphatic carbocycles. The molecule has 0 heterocycles. The normalized spacial score (nSPS) is 8.67. The van der Waals surface area contributed by atoms with Gasteiger partial charge in [0.05, 0.1) is 0 Å². The first-order chi connectivity index (χ1) is 3.91. The SMILES string of the molecule is C[CH-]CCCCCC.[W]. The largest absolute Gasteiger partial charge is 0.332 e. The van der Waals surface area contributed by atoms with Crippen LogP contribution in [0.15, 0.2) is 0 Å². The molecule has 0 amide bonds. The molecule has 0 saturated carbocycles. The minimum absolute atomic E-state index is 0. The molecule has 1 heteroatoms. The molecule has 0 aromatic rings. The van der Waals surface area contributed by atoms with E-state index in [1.54, 1.807) is 0 Å². The summed E-state index contributed by atoms with van der Waals surface area (Å²) in [7, 11) is 0. The minimum atomic E-state index is 0. The Hall–Kier alpha value is 0.688. The predicted octanol–water partition coefficient (Wildman–Crippen LogP) is 3.18.